The normalized spacial score (nSPS) is 10.7. The van der Waals surface area contributed by atoms with Crippen LogP contribution in [0, 0.1) is 10.1 Å². The molecule has 11 heteroatoms. The van der Waals surface area contributed by atoms with Crippen LogP contribution in [0.2, 0.25) is 5.02 Å². The van der Waals surface area contributed by atoms with E-state index in [4.69, 9.17) is 25.8 Å². The van der Waals surface area contributed by atoms with Gasteiger partial charge in [0.15, 0.2) is 11.5 Å². The molecular weight excluding hydrogens is 430 g/mol. The average molecular weight is 452 g/mol. The van der Waals surface area contributed by atoms with E-state index in [0.29, 0.717) is 37.1 Å². The third-order valence-corrected chi connectivity index (χ3v) is 4.04. The van der Waals surface area contributed by atoms with Crippen molar-refractivity contribution in [2.24, 2.45) is 5.10 Å². The zero-order valence-corrected chi connectivity index (χ0v) is 17.9. The van der Waals surface area contributed by atoms with Gasteiger partial charge in [-0.05, 0) is 39.0 Å². The smallest absolute Gasteiger partial charge is 0.312 e. The molecule has 0 bridgehead atoms. The lowest BCUT2D eigenvalue weighted by Gasteiger charge is -2.16. The van der Waals surface area contributed by atoms with Gasteiger partial charge in [-0.2, -0.15) is 5.10 Å². The summed E-state index contributed by atoms with van der Waals surface area (Å²) in [7, 11) is 0. The number of phenols is 1. The predicted octanol–water partition coefficient (Wildman–Crippen LogP) is 3.91. The Hall–Kier alpha value is -3.53. The van der Waals surface area contributed by atoms with Gasteiger partial charge in [0.2, 0.25) is 11.5 Å². The summed E-state index contributed by atoms with van der Waals surface area (Å²) in [6.45, 7) is 6.48. The lowest BCUT2D eigenvalue weighted by molar-refractivity contribution is -0.385. The summed E-state index contributed by atoms with van der Waals surface area (Å²) in [6, 6.07) is 5.27. The van der Waals surface area contributed by atoms with Crippen LogP contribution >= 0.6 is 11.6 Å². The van der Waals surface area contributed by atoms with E-state index in [2.05, 4.69) is 10.5 Å². The van der Waals surface area contributed by atoms with Crippen molar-refractivity contribution in [1.82, 2.24) is 5.43 Å². The summed E-state index contributed by atoms with van der Waals surface area (Å²) < 4.78 is 16.7. The minimum Gasteiger partial charge on any atom is -0.502 e. The highest BCUT2D eigenvalue weighted by molar-refractivity contribution is 6.31. The van der Waals surface area contributed by atoms with Gasteiger partial charge in [-0.3, -0.25) is 14.9 Å². The molecule has 0 spiro atoms. The highest BCUT2D eigenvalue weighted by atomic mass is 35.5. The van der Waals surface area contributed by atoms with E-state index in [9.17, 15) is 20.0 Å². The Morgan fingerprint density at radius 2 is 1.71 bits per heavy atom. The average Bonchev–Trinajstić information content (AvgIpc) is 2.72. The SMILES string of the molecule is CCOc1cc(C(=O)NN=Cc2cc(Cl)cc([N+](=O)[O-])c2O)cc(OCC)c1OCC. The number of carbonyl (C=O) groups is 1. The van der Waals surface area contributed by atoms with Crippen LogP contribution in [0.3, 0.4) is 0 Å². The van der Waals surface area contributed by atoms with Crippen LogP contribution < -0.4 is 19.6 Å². The molecule has 0 unspecified atom stereocenters. The standard InChI is InChI=1S/C20H22ClN3O7/c1-4-29-16-8-12(9-17(30-5-2)19(16)31-6-3)20(26)23-22-11-13-7-14(21)10-15(18(13)25)24(27)28/h7-11,25H,4-6H2,1-3H3,(H,23,26). The summed E-state index contributed by atoms with van der Waals surface area (Å²) in [5.41, 5.74) is 1.87. The number of ether oxygens (including phenoxy) is 3. The molecule has 2 aromatic rings. The highest BCUT2D eigenvalue weighted by Gasteiger charge is 2.19. The number of amides is 1. The number of rotatable bonds is 10. The van der Waals surface area contributed by atoms with Gasteiger partial charge in [0.25, 0.3) is 5.91 Å². The minimum absolute atomic E-state index is 0.0313. The van der Waals surface area contributed by atoms with Gasteiger partial charge < -0.3 is 19.3 Å². The maximum Gasteiger partial charge on any atom is 0.312 e. The fraction of sp³-hybridized carbons (Fsp3) is 0.300. The molecule has 2 N–H and O–H groups in total. The summed E-state index contributed by atoms with van der Waals surface area (Å²) in [5.74, 6) is -0.148. The van der Waals surface area contributed by atoms with Crippen molar-refractivity contribution in [3.05, 3.63) is 50.5 Å². The number of hydrazone groups is 1. The van der Waals surface area contributed by atoms with Gasteiger partial charge in [0, 0.05) is 22.2 Å². The monoisotopic (exact) mass is 451 g/mol. The number of nitrogens with zero attached hydrogens (tertiary/aromatic N) is 2. The van der Waals surface area contributed by atoms with Gasteiger partial charge in [0.1, 0.15) is 0 Å². The molecule has 2 rings (SSSR count). The zero-order chi connectivity index (χ0) is 23.0. The molecule has 0 atom stereocenters. The molecular formula is C20H22ClN3O7. The molecule has 0 saturated carbocycles. The summed E-state index contributed by atoms with van der Waals surface area (Å²) in [4.78, 5) is 22.8. The van der Waals surface area contributed by atoms with Crippen LogP contribution in [0.25, 0.3) is 0 Å². The molecule has 0 fully saturated rings. The van der Waals surface area contributed by atoms with Crippen molar-refractivity contribution >= 4 is 29.4 Å². The fourth-order valence-electron chi connectivity index (χ4n) is 2.59. The van der Waals surface area contributed by atoms with Crippen molar-refractivity contribution in [2.45, 2.75) is 20.8 Å². The molecule has 10 nitrogen and oxygen atoms in total. The maximum absolute atomic E-state index is 12.6. The Bertz CT molecular complexity index is 968. The number of phenolic OH excluding ortho intramolecular Hbond substituents is 1. The lowest BCUT2D eigenvalue weighted by Crippen LogP contribution is -2.18. The Labute approximate surface area is 183 Å². The number of aromatic hydroxyl groups is 1. The molecule has 31 heavy (non-hydrogen) atoms. The lowest BCUT2D eigenvalue weighted by atomic mass is 10.1. The number of benzene rings is 2. The van der Waals surface area contributed by atoms with Gasteiger partial charge in [-0.25, -0.2) is 5.43 Å². The van der Waals surface area contributed by atoms with Crippen LogP contribution in [0.15, 0.2) is 29.4 Å². The Morgan fingerprint density at radius 3 is 2.23 bits per heavy atom. The Balaban J connectivity index is 2.30. The van der Waals surface area contributed by atoms with Gasteiger partial charge in [0.05, 0.1) is 31.0 Å². The first kappa shape index (κ1) is 23.7. The number of nitro benzene ring substituents is 1. The number of hydrogen-bond donors (Lipinski definition) is 2. The molecule has 0 aliphatic carbocycles. The van der Waals surface area contributed by atoms with E-state index >= 15 is 0 Å². The Kier molecular flexibility index (Phi) is 8.44. The zero-order valence-electron chi connectivity index (χ0n) is 17.2. The first-order valence-electron chi connectivity index (χ1n) is 9.39. The molecule has 0 heterocycles. The summed E-state index contributed by atoms with van der Waals surface area (Å²) in [6.07, 6.45) is 1.05. The summed E-state index contributed by atoms with van der Waals surface area (Å²) in [5, 5.41) is 24.7. The van der Waals surface area contributed by atoms with Crippen LogP contribution in [0.5, 0.6) is 23.0 Å². The van der Waals surface area contributed by atoms with Crippen LogP contribution in [-0.2, 0) is 0 Å². The second-order valence-corrected chi connectivity index (χ2v) is 6.36. The number of hydrogen-bond acceptors (Lipinski definition) is 8. The minimum atomic E-state index is -0.776. The summed E-state index contributed by atoms with van der Waals surface area (Å²) >= 11 is 5.83. The largest absolute Gasteiger partial charge is 0.502 e. The molecule has 2 aromatic carbocycles. The van der Waals surface area contributed by atoms with E-state index in [1.807, 2.05) is 6.92 Å². The van der Waals surface area contributed by atoms with Gasteiger partial charge in [-0.1, -0.05) is 11.6 Å². The quantitative estimate of drug-likeness (QED) is 0.318. The van der Waals surface area contributed by atoms with E-state index in [-0.39, 0.29) is 16.1 Å². The van der Waals surface area contributed by atoms with Crippen LogP contribution in [0.1, 0.15) is 36.7 Å². The third-order valence-electron chi connectivity index (χ3n) is 3.82. The van der Waals surface area contributed by atoms with E-state index in [0.717, 1.165) is 12.3 Å². The molecule has 0 radical (unpaired) electrons. The number of halogens is 1. The number of nitrogens with one attached hydrogen (secondary N) is 1. The molecule has 166 valence electrons. The maximum atomic E-state index is 12.6. The van der Waals surface area contributed by atoms with E-state index < -0.39 is 22.3 Å². The van der Waals surface area contributed by atoms with Crippen molar-refractivity contribution in [2.75, 3.05) is 19.8 Å². The van der Waals surface area contributed by atoms with Crippen LogP contribution in [0.4, 0.5) is 5.69 Å². The third kappa shape index (κ3) is 5.98. The van der Waals surface area contributed by atoms with Gasteiger partial charge in [-0.15, -0.1) is 0 Å². The van der Waals surface area contributed by atoms with E-state index in [1.54, 1.807) is 13.8 Å². The highest BCUT2D eigenvalue weighted by Crippen LogP contribution is 2.39. The first-order chi connectivity index (χ1) is 14.8. The molecule has 0 aromatic heterocycles. The molecule has 0 saturated heterocycles. The van der Waals surface area contributed by atoms with Crippen molar-refractivity contribution in [3.63, 3.8) is 0 Å². The topological polar surface area (TPSA) is 133 Å². The van der Waals surface area contributed by atoms with E-state index in [1.165, 1.54) is 18.2 Å². The second-order valence-electron chi connectivity index (χ2n) is 5.92. The first-order valence-corrected chi connectivity index (χ1v) is 9.76. The van der Waals surface area contributed by atoms with Crippen molar-refractivity contribution in [3.8, 4) is 23.0 Å². The fourth-order valence-corrected chi connectivity index (χ4v) is 2.81. The van der Waals surface area contributed by atoms with Crippen molar-refractivity contribution in [1.29, 1.82) is 0 Å². The Morgan fingerprint density at radius 1 is 1.13 bits per heavy atom. The van der Waals surface area contributed by atoms with Gasteiger partial charge >= 0.3 is 5.69 Å². The second kappa shape index (κ2) is 11.0. The predicted molar refractivity (Wildman–Crippen MR) is 115 cm³/mol. The number of nitro groups is 1. The molecule has 0 aliphatic rings. The molecule has 1 amide bonds. The number of carbonyl (C=O) groups excluding carboxylic acids is 1. The van der Waals surface area contributed by atoms with Crippen molar-refractivity contribution < 1.29 is 29.0 Å². The van der Waals surface area contributed by atoms with Crippen LogP contribution in [-0.4, -0.2) is 42.0 Å². The molecule has 0 aliphatic heterocycles.